The Kier molecular flexibility index (Phi) is 12.5. The molecular formula is C32H52N6O6. The molecule has 5 unspecified atom stereocenters. The second-order valence-corrected chi connectivity index (χ2v) is 13.7. The number of ketones is 1. The molecule has 44 heavy (non-hydrogen) atoms. The molecule has 0 radical (unpaired) electrons. The van der Waals surface area contributed by atoms with Crippen molar-refractivity contribution >= 4 is 24.0 Å². The number of nitrogens with one attached hydrogen (secondary N) is 3. The summed E-state index contributed by atoms with van der Waals surface area (Å²) < 4.78 is 6.98. The van der Waals surface area contributed by atoms with E-state index in [1.54, 1.807) is 4.90 Å². The number of Topliss-reactive ketones (excluding diaryl/α,β-unsaturated/α-hetero) is 1. The molecule has 1 aliphatic heterocycles. The van der Waals surface area contributed by atoms with Gasteiger partial charge in [-0.3, -0.25) is 14.6 Å². The number of likely N-dealkylation sites (tertiary alicyclic amines) is 1. The van der Waals surface area contributed by atoms with Crippen molar-refractivity contribution in [1.82, 2.24) is 24.8 Å². The fourth-order valence-corrected chi connectivity index (χ4v) is 6.58. The number of unbranched alkanes of at least 4 members (excludes halogenated alkanes) is 2. The van der Waals surface area contributed by atoms with Gasteiger partial charge >= 0.3 is 17.5 Å². The molecule has 1 saturated heterocycles. The molecule has 3 N–H and O–H groups in total. The number of hydrogen-bond donors (Lipinski definition) is 3. The maximum absolute atomic E-state index is 13.9. The molecule has 0 spiro atoms. The van der Waals surface area contributed by atoms with Gasteiger partial charge < -0.3 is 20.4 Å². The van der Waals surface area contributed by atoms with Gasteiger partial charge in [0, 0.05) is 31.6 Å². The predicted molar refractivity (Wildman–Crippen MR) is 168 cm³/mol. The van der Waals surface area contributed by atoms with E-state index in [-0.39, 0.29) is 54.3 Å². The highest BCUT2D eigenvalue weighted by atomic mass is 16.6. The molecule has 0 aromatic carbocycles. The van der Waals surface area contributed by atoms with Crippen LogP contribution in [0.1, 0.15) is 105 Å². The van der Waals surface area contributed by atoms with Crippen molar-refractivity contribution in [3.63, 3.8) is 0 Å². The zero-order valence-corrected chi connectivity index (χ0v) is 27.3. The van der Waals surface area contributed by atoms with Gasteiger partial charge in [-0.1, -0.05) is 60.8 Å². The summed E-state index contributed by atoms with van der Waals surface area (Å²) in [5.41, 5.74) is -1.70. The molecule has 2 amide bonds. The summed E-state index contributed by atoms with van der Waals surface area (Å²) in [6.07, 6.45) is 7.75. The van der Waals surface area contributed by atoms with Crippen molar-refractivity contribution in [2.24, 2.45) is 23.2 Å². The smallest absolute Gasteiger partial charge is 0.408 e. The van der Waals surface area contributed by atoms with Crippen LogP contribution in [0.2, 0.25) is 0 Å². The third kappa shape index (κ3) is 8.88. The van der Waals surface area contributed by atoms with Gasteiger partial charge in [0.1, 0.15) is 18.0 Å². The van der Waals surface area contributed by atoms with Crippen LogP contribution in [0.3, 0.4) is 0 Å². The minimum Gasteiger partial charge on any atom is -0.446 e. The zero-order valence-electron chi connectivity index (χ0n) is 27.3. The fourth-order valence-electron chi connectivity index (χ4n) is 6.58. The Morgan fingerprint density at radius 2 is 1.84 bits per heavy atom. The number of carbonyl (C=O) groups excluding carboxylic acids is 3. The molecule has 2 heterocycles. The van der Waals surface area contributed by atoms with Gasteiger partial charge in [-0.25, -0.2) is 19.0 Å². The average molecular weight is 617 g/mol. The van der Waals surface area contributed by atoms with Gasteiger partial charge in [0.05, 0.1) is 6.04 Å². The highest BCUT2D eigenvalue weighted by Gasteiger charge is 2.46. The van der Waals surface area contributed by atoms with E-state index < -0.39 is 35.0 Å². The minimum absolute atomic E-state index is 0.0687. The van der Waals surface area contributed by atoms with Crippen molar-refractivity contribution in [2.75, 3.05) is 6.54 Å². The molecule has 5 atom stereocenters. The second-order valence-electron chi connectivity index (χ2n) is 13.7. The number of hydrogen-bond acceptors (Lipinski definition) is 8. The summed E-state index contributed by atoms with van der Waals surface area (Å²) in [6, 6.07) is -1.29. The molecule has 2 aliphatic rings. The third-order valence-corrected chi connectivity index (χ3v) is 9.12. The SMILES string of the molecule is CCC1CCN(C(=O)C(NC(=O)OC2CCCC2CCCCCn2c(=O)nc(CC=N)[nH]c2=O)C(C)(C)C)C1C(=O)C(C)C. The van der Waals surface area contributed by atoms with E-state index in [2.05, 4.69) is 15.3 Å². The van der Waals surface area contributed by atoms with Crippen molar-refractivity contribution < 1.29 is 19.1 Å². The first-order chi connectivity index (χ1) is 20.8. The lowest BCUT2D eigenvalue weighted by Crippen LogP contribution is -2.58. The Morgan fingerprint density at radius 3 is 2.45 bits per heavy atom. The number of aromatic nitrogens is 3. The Balaban J connectivity index is 1.54. The maximum atomic E-state index is 13.9. The van der Waals surface area contributed by atoms with Crippen molar-refractivity contribution in [3.8, 4) is 0 Å². The van der Waals surface area contributed by atoms with E-state index in [0.29, 0.717) is 13.0 Å². The first kappa shape index (κ1) is 35.2. The van der Waals surface area contributed by atoms with Crippen molar-refractivity contribution in [3.05, 3.63) is 26.8 Å². The maximum Gasteiger partial charge on any atom is 0.408 e. The number of aromatic amines is 1. The molecule has 12 heteroatoms. The van der Waals surface area contributed by atoms with Crippen LogP contribution in [0.4, 0.5) is 4.79 Å². The van der Waals surface area contributed by atoms with Crippen LogP contribution in [0.5, 0.6) is 0 Å². The molecule has 246 valence electrons. The highest BCUT2D eigenvalue weighted by molar-refractivity contribution is 5.94. The number of H-pyrrole nitrogens is 1. The summed E-state index contributed by atoms with van der Waals surface area (Å²) in [5, 5.41) is 9.98. The van der Waals surface area contributed by atoms with Gasteiger partial charge in [-0.05, 0) is 55.8 Å². The van der Waals surface area contributed by atoms with Crippen LogP contribution in [0.15, 0.2) is 9.59 Å². The lowest BCUT2D eigenvalue weighted by Gasteiger charge is -2.36. The molecule has 1 aromatic rings. The number of carbonyl (C=O) groups is 3. The van der Waals surface area contributed by atoms with E-state index in [1.165, 1.54) is 0 Å². The van der Waals surface area contributed by atoms with Crippen molar-refractivity contribution in [2.45, 2.75) is 130 Å². The average Bonchev–Trinajstić information content (AvgIpc) is 3.58. The van der Waals surface area contributed by atoms with Crippen LogP contribution >= 0.6 is 0 Å². The van der Waals surface area contributed by atoms with Gasteiger partial charge in [0.25, 0.3) is 0 Å². The van der Waals surface area contributed by atoms with Crippen LogP contribution in [0.25, 0.3) is 0 Å². The van der Waals surface area contributed by atoms with Crippen LogP contribution in [0, 0.1) is 28.6 Å². The van der Waals surface area contributed by atoms with Crippen LogP contribution < -0.4 is 16.7 Å². The minimum atomic E-state index is -0.826. The summed E-state index contributed by atoms with van der Waals surface area (Å²) in [6.45, 7) is 12.3. The third-order valence-electron chi connectivity index (χ3n) is 9.12. The highest BCUT2D eigenvalue weighted by Crippen LogP contribution is 2.34. The number of rotatable bonds is 14. The standard InChI is InChI=1S/C32H52N6O6/c1-7-21-16-19-37(25(21)26(39)20(2)3)28(40)27(32(4,5)6)36-31(43)44-23-14-11-13-22(23)12-9-8-10-18-38-29(41)34-24(15-17-33)35-30(38)42/h17,20-23,25,27,33H,7-16,18-19H2,1-6H3,(H,36,43)(H,34,35,41,42). The molecule has 12 nitrogen and oxygen atoms in total. The molecule has 1 saturated carbocycles. The second kappa shape index (κ2) is 15.6. The first-order valence-electron chi connectivity index (χ1n) is 16.3. The van der Waals surface area contributed by atoms with Crippen molar-refractivity contribution in [1.29, 1.82) is 5.41 Å². The van der Waals surface area contributed by atoms with Crippen LogP contribution in [-0.4, -0.2) is 68.2 Å². The number of alkyl carbamates (subject to hydrolysis) is 1. The Bertz CT molecular complexity index is 1250. The Hall–Kier alpha value is -3.31. The van der Waals surface area contributed by atoms with Gasteiger partial charge in [-0.15, -0.1) is 0 Å². The summed E-state index contributed by atoms with van der Waals surface area (Å²) in [5.74, 6) is 0.170. The fraction of sp³-hybridized carbons (Fsp3) is 0.781. The topological polar surface area (TPSA) is 167 Å². The van der Waals surface area contributed by atoms with E-state index >= 15 is 0 Å². The number of nitrogens with zero attached hydrogens (tertiary/aromatic N) is 3. The van der Waals surface area contributed by atoms with E-state index in [9.17, 15) is 24.0 Å². The predicted octanol–water partition coefficient (Wildman–Crippen LogP) is 3.85. The number of ether oxygens (including phenoxy) is 1. The lowest BCUT2D eigenvalue weighted by atomic mass is 9.84. The molecular weight excluding hydrogens is 564 g/mol. The molecule has 0 bridgehead atoms. The summed E-state index contributed by atoms with van der Waals surface area (Å²) >= 11 is 0. The Morgan fingerprint density at radius 1 is 1.11 bits per heavy atom. The summed E-state index contributed by atoms with van der Waals surface area (Å²) in [7, 11) is 0. The molecule has 1 aromatic heterocycles. The van der Waals surface area contributed by atoms with E-state index in [1.807, 2.05) is 41.5 Å². The summed E-state index contributed by atoms with van der Waals surface area (Å²) in [4.78, 5) is 72.6. The van der Waals surface area contributed by atoms with Gasteiger partial charge in [0.2, 0.25) is 5.91 Å². The molecule has 1 aliphatic carbocycles. The normalized spacial score (nSPS) is 22.7. The molecule has 3 rings (SSSR count). The monoisotopic (exact) mass is 616 g/mol. The largest absolute Gasteiger partial charge is 0.446 e. The first-order valence-corrected chi connectivity index (χ1v) is 16.3. The number of amides is 2. The molecule has 2 fully saturated rings. The zero-order chi connectivity index (χ0) is 32.6. The van der Waals surface area contributed by atoms with Crippen LogP contribution in [-0.2, 0) is 27.3 Å². The van der Waals surface area contributed by atoms with Gasteiger partial charge in [-0.2, -0.15) is 4.98 Å². The van der Waals surface area contributed by atoms with Gasteiger partial charge in [0.15, 0.2) is 5.78 Å². The van der Waals surface area contributed by atoms with E-state index in [4.69, 9.17) is 10.1 Å². The quantitative estimate of drug-likeness (QED) is 0.211. The Labute approximate surface area is 260 Å². The lowest BCUT2D eigenvalue weighted by molar-refractivity contribution is -0.143. The van der Waals surface area contributed by atoms with E-state index in [0.717, 1.165) is 62.1 Å².